The Labute approximate surface area is 98.1 Å². The summed E-state index contributed by atoms with van der Waals surface area (Å²) >= 11 is 0. The van der Waals surface area contributed by atoms with Crippen LogP contribution < -0.4 is 0 Å². The number of rotatable bonds is 7. The number of hydrogen-bond acceptors (Lipinski definition) is 4. The maximum Gasteiger partial charge on any atom is 0.0635 e. The summed E-state index contributed by atoms with van der Waals surface area (Å²) in [5.74, 6) is 0.726. The Balaban J connectivity index is 2.26. The molecule has 0 amide bonds. The molecule has 92 valence electrons. The highest BCUT2D eigenvalue weighted by Gasteiger charge is 2.17. The van der Waals surface area contributed by atoms with Gasteiger partial charge in [0.1, 0.15) is 0 Å². The van der Waals surface area contributed by atoms with Gasteiger partial charge >= 0.3 is 0 Å². The predicted octanol–water partition coefficient (Wildman–Crippen LogP) is 1.28. The van der Waals surface area contributed by atoms with Crippen molar-refractivity contribution in [2.24, 2.45) is 5.92 Å². The van der Waals surface area contributed by atoms with Crippen molar-refractivity contribution in [3.05, 3.63) is 0 Å². The molecule has 0 saturated carbocycles. The van der Waals surface area contributed by atoms with Gasteiger partial charge in [0.15, 0.2) is 0 Å². The fourth-order valence-electron chi connectivity index (χ4n) is 2.02. The molecule has 0 spiro atoms. The van der Waals surface area contributed by atoms with Gasteiger partial charge in [-0.25, -0.2) is 0 Å². The second-order valence-corrected chi connectivity index (χ2v) is 4.26. The first-order chi connectivity index (χ1) is 7.86. The van der Waals surface area contributed by atoms with Gasteiger partial charge in [-0.3, -0.25) is 4.90 Å². The van der Waals surface area contributed by atoms with E-state index in [1.54, 1.807) is 7.11 Å². The first-order valence-electron chi connectivity index (χ1n) is 6.02. The maximum atomic E-state index is 8.62. The van der Waals surface area contributed by atoms with Crippen LogP contribution in [0.15, 0.2) is 0 Å². The van der Waals surface area contributed by atoms with E-state index in [2.05, 4.69) is 11.0 Å². The molecule has 0 N–H and O–H groups in total. The smallest absolute Gasteiger partial charge is 0.0635 e. The van der Waals surface area contributed by atoms with Crippen LogP contribution in [0.25, 0.3) is 0 Å². The van der Waals surface area contributed by atoms with Gasteiger partial charge in [-0.1, -0.05) is 0 Å². The number of methoxy groups -OCH3 is 1. The molecular weight excluding hydrogens is 204 g/mol. The molecule has 16 heavy (non-hydrogen) atoms. The van der Waals surface area contributed by atoms with E-state index in [-0.39, 0.29) is 0 Å². The molecule has 0 aromatic heterocycles. The van der Waals surface area contributed by atoms with Crippen LogP contribution in [0.1, 0.15) is 19.3 Å². The van der Waals surface area contributed by atoms with E-state index in [9.17, 15) is 0 Å². The van der Waals surface area contributed by atoms with Gasteiger partial charge in [-0.2, -0.15) is 5.26 Å². The van der Waals surface area contributed by atoms with Crippen LogP contribution in [0.5, 0.6) is 0 Å². The first kappa shape index (κ1) is 13.4. The van der Waals surface area contributed by atoms with Gasteiger partial charge in [0.2, 0.25) is 0 Å². The molecule has 4 nitrogen and oxygen atoms in total. The van der Waals surface area contributed by atoms with Crippen molar-refractivity contribution < 1.29 is 9.47 Å². The molecule has 1 rings (SSSR count). The van der Waals surface area contributed by atoms with Crippen molar-refractivity contribution in [3.8, 4) is 6.07 Å². The molecule has 1 saturated heterocycles. The number of ether oxygens (including phenoxy) is 2. The fraction of sp³-hybridized carbons (Fsp3) is 0.917. The standard InChI is InChI=1S/C12H22N2O2/c1-15-10-7-14(6-2-5-13)11-12-3-8-16-9-4-12/h12H,2-4,6-11H2,1H3. The van der Waals surface area contributed by atoms with Crippen LogP contribution in [0, 0.1) is 17.2 Å². The third kappa shape index (κ3) is 5.45. The van der Waals surface area contributed by atoms with E-state index in [1.807, 2.05) is 0 Å². The molecule has 0 atom stereocenters. The Hall–Kier alpha value is -0.630. The quantitative estimate of drug-likeness (QED) is 0.656. The average Bonchev–Trinajstić information content (AvgIpc) is 2.34. The molecule has 0 radical (unpaired) electrons. The zero-order valence-electron chi connectivity index (χ0n) is 10.2. The van der Waals surface area contributed by atoms with E-state index in [0.29, 0.717) is 6.42 Å². The molecule has 0 unspecified atom stereocenters. The highest BCUT2D eigenvalue weighted by Crippen LogP contribution is 2.16. The minimum Gasteiger partial charge on any atom is -0.383 e. The van der Waals surface area contributed by atoms with Gasteiger partial charge in [0.05, 0.1) is 12.7 Å². The van der Waals surface area contributed by atoms with Crippen molar-refractivity contribution in [1.82, 2.24) is 4.90 Å². The summed E-state index contributed by atoms with van der Waals surface area (Å²) in [7, 11) is 1.72. The molecule has 0 aliphatic carbocycles. The van der Waals surface area contributed by atoms with Gasteiger partial charge < -0.3 is 9.47 Å². The van der Waals surface area contributed by atoms with Crippen LogP contribution in [0.3, 0.4) is 0 Å². The van der Waals surface area contributed by atoms with E-state index < -0.39 is 0 Å². The lowest BCUT2D eigenvalue weighted by Crippen LogP contribution is -2.35. The topological polar surface area (TPSA) is 45.5 Å². The Morgan fingerprint density at radius 2 is 2.12 bits per heavy atom. The van der Waals surface area contributed by atoms with Crippen LogP contribution in [-0.4, -0.2) is 51.5 Å². The summed E-state index contributed by atoms with van der Waals surface area (Å²) in [5, 5.41) is 8.62. The molecule has 0 bridgehead atoms. The van der Waals surface area contributed by atoms with E-state index in [0.717, 1.165) is 58.2 Å². The highest BCUT2D eigenvalue weighted by atomic mass is 16.5. The predicted molar refractivity (Wildman–Crippen MR) is 62.1 cm³/mol. The Morgan fingerprint density at radius 1 is 1.38 bits per heavy atom. The van der Waals surface area contributed by atoms with Crippen LogP contribution in [0.4, 0.5) is 0 Å². The average molecular weight is 226 g/mol. The van der Waals surface area contributed by atoms with E-state index >= 15 is 0 Å². The molecule has 1 aliphatic rings. The maximum absolute atomic E-state index is 8.62. The normalized spacial score (nSPS) is 17.6. The first-order valence-corrected chi connectivity index (χ1v) is 6.02. The van der Waals surface area contributed by atoms with Gasteiger partial charge in [-0.15, -0.1) is 0 Å². The number of nitriles is 1. The minimum atomic E-state index is 0.604. The van der Waals surface area contributed by atoms with Crippen molar-refractivity contribution in [2.45, 2.75) is 19.3 Å². The van der Waals surface area contributed by atoms with Crippen molar-refractivity contribution >= 4 is 0 Å². The fourth-order valence-corrected chi connectivity index (χ4v) is 2.02. The zero-order valence-corrected chi connectivity index (χ0v) is 10.2. The van der Waals surface area contributed by atoms with E-state index in [4.69, 9.17) is 14.7 Å². The summed E-state index contributed by atoms with van der Waals surface area (Å²) in [6.45, 7) is 5.39. The lowest BCUT2D eigenvalue weighted by Gasteiger charge is -2.29. The largest absolute Gasteiger partial charge is 0.383 e. The second-order valence-electron chi connectivity index (χ2n) is 4.26. The van der Waals surface area contributed by atoms with Crippen molar-refractivity contribution in [3.63, 3.8) is 0 Å². The minimum absolute atomic E-state index is 0.604. The summed E-state index contributed by atoms with van der Waals surface area (Å²) < 4.78 is 10.4. The van der Waals surface area contributed by atoms with Gasteiger partial charge in [0, 0.05) is 46.4 Å². The Bertz CT molecular complexity index is 210. The summed E-state index contributed by atoms with van der Waals surface area (Å²) in [6, 6.07) is 2.20. The van der Waals surface area contributed by atoms with Crippen molar-refractivity contribution in [2.75, 3.05) is 46.6 Å². The van der Waals surface area contributed by atoms with Gasteiger partial charge in [0.25, 0.3) is 0 Å². The summed E-state index contributed by atoms with van der Waals surface area (Å²) in [5.41, 5.74) is 0. The summed E-state index contributed by atoms with van der Waals surface area (Å²) in [6.07, 6.45) is 2.90. The molecular formula is C12H22N2O2. The lowest BCUT2D eigenvalue weighted by atomic mass is 9.99. The number of nitrogens with zero attached hydrogens (tertiary/aromatic N) is 2. The van der Waals surface area contributed by atoms with E-state index in [1.165, 1.54) is 0 Å². The summed E-state index contributed by atoms with van der Waals surface area (Å²) in [4.78, 5) is 2.34. The SMILES string of the molecule is COCCN(CCC#N)CC1CCOCC1. The molecule has 1 aliphatic heterocycles. The molecule has 4 heteroatoms. The van der Waals surface area contributed by atoms with Gasteiger partial charge in [-0.05, 0) is 18.8 Å². The molecule has 1 fully saturated rings. The highest BCUT2D eigenvalue weighted by molar-refractivity contribution is 4.75. The zero-order chi connectivity index (χ0) is 11.6. The second kappa shape index (κ2) is 8.51. The molecule has 0 aromatic rings. The van der Waals surface area contributed by atoms with Crippen LogP contribution in [0.2, 0.25) is 0 Å². The van der Waals surface area contributed by atoms with Crippen molar-refractivity contribution in [1.29, 1.82) is 5.26 Å². The molecule has 0 aromatic carbocycles. The van der Waals surface area contributed by atoms with Crippen LogP contribution >= 0.6 is 0 Å². The number of hydrogen-bond donors (Lipinski definition) is 0. The Kier molecular flexibility index (Phi) is 7.15. The monoisotopic (exact) mass is 226 g/mol. The third-order valence-corrected chi connectivity index (χ3v) is 3.01. The lowest BCUT2D eigenvalue weighted by molar-refractivity contribution is 0.0484. The Morgan fingerprint density at radius 3 is 2.75 bits per heavy atom. The third-order valence-electron chi connectivity index (χ3n) is 3.01. The van der Waals surface area contributed by atoms with Crippen LogP contribution in [-0.2, 0) is 9.47 Å². The molecule has 1 heterocycles.